The molecule has 0 bridgehead atoms. The minimum absolute atomic E-state index is 0.0402. The molecule has 8 nitrogen and oxygen atoms in total. The number of nitro benzene ring substituents is 1. The maximum atomic E-state index is 12.8. The summed E-state index contributed by atoms with van der Waals surface area (Å²) in [6, 6.07) is 13.6. The monoisotopic (exact) mass is 410 g/mol. The minimum atomic E-state index is -0.421. The Morgan fingerprint density at radius 2 is 1.86 bits per heavy atom. The Labute approximate surface area is 170 Å². The number of pyridine rings is 1. The van der Waals surface area contributed by atoms with E-state index in [1.165, 1.54) is 23.5 Å². The molecule has 1 N–H and O–H groups in total. The Morgan fingerprint density at radius 3 is 2.52 bits per heavy atom. The number of nitrogens with one attached hydrogen (secondary N) is 1. The molecule has 2 aromatic heterocycles. The van der Waals surface area contributed by atoms with Gasteiger partial charge in [-0.05, 0) is 29.6 Å². The number of aromatic amines is 1. The van der Waals surface area contributed by atoms with E-state index in [1.54, 1.807) is 23.1 Å². The van der Waals surface area contributed by atoms with Gasteiger partial charge in [-0.25, -0.2) is 0 Å². The smallest absolute Gasteiger partial charge is 0.271 e. The summed E-state index contributed by atoms with van der Waals surface area (Å²) in [7, 11) is 0. The van der Waals surface area contributed by atoms with Crippen molar-refractivity contribution >= 4 is 28.6 Å². The van der Waals surface area contributed by atoms with Crippen molar-refractivity contribution in [1.29, 1.82) is 0 Å². The first-order valence-electron chi connectivity index (χ1n) is 9.09. The van der Waals surface area contributed by atoms with Crippen LogP contribution in [0.2, 0.25) is 0 Å². The number of amides is 1. The zero-order chi connectivity index (χ0) is 20.4. The van der Waals surface area contributed by atoms with Crippen molar-refractivity contribution in [2.24, 2.45) is 0 Å². The number of benzene rings is 1. The van der Waals surface area contributed by atoms with Gasteiger partial charge in [0, 0.05) is 44.0 Å². The Hall–Kier alpha value is -3.46. The quantitative estimate of drug-likeness (QED) is 0.527. The molecule has 3 heterocycles. The Bertz CT molecular complexity index is 1100. The van der Waals surface area contributed by atoms with E-state index in [0.717, 1.165) is 10.6 Å². The zero-order valence-corrected chi connectivity index (χ0v) is 16.2. The van der Waals surface area contributed by atoms with E-state index in [-0.39, 0.29) is 17.2 Å². The fraction of sp³-hybridized carbons (Fsp3) is 0.200. The lowest BCUT2D eigenvalue weighted by Crippen LogP contribution is -2.49. The molecule has 148 valence electrons. The van der Waals surface area contributed by atoms with Crippen LogP contribution in [0.4, 0.5) is 11.4 Å². The number of anilines is 1. The summed E-state index contributed by atoms with van der Waals surface area (Å²) in [5.41, 5.74) is 1.20. The molecule has 0 saturated carbocycles. The number of hydrogen-bond donors (Lipinski definition) is 1. The zero-order valence-electron chi connectivity index (χ0n) is 15.4. The van der Waals surface area contributed by atoms with Crippen molar-refractivity contribution in [1.82, 2.24) is 9.88 Å². The van der Waals surface area contributed by atoms with Gasteiger partial charge in [-0.15, -0.1) is 11.3 Å². The Balaban J connectivity index is 1.45. The van der Waals surface area contributed by atoms with Crippen molar-refractivity contribution in [3.8, 4) is 10.6 Å². The van der Waals surface area contributed by atoms with Gasteiger partial charge in [-0.2, -0.15) is 0 Å². The highest BCUT2D eigenvalue weighted by Gasteiger charge is 2.24. The summed E-state index contributed by atoms with van der Waals surface area (Å²) >= 11 is 1.51. The number of rotatable bonds is 4. The summed E-state index contributed by atoms with van der Waals surface area (Å²) in [6.45, 7) is 1.96. The normalized spacial score (nSPS) is 14.1. The van der Waals surface area contributed by atoms with Gasteiger partial charge >= 0.3 is 0 Å². The van der Waals surface area contributed by atoms with E-state index < -0.39 is 10.5 Å². The molecule has 1 amide bonds. The molecule has 3 aromatic rings. The molecule has 1 saturated heterocycles. The fourth-order valence-corrected chi connectivity index (χ4v) is 4.07. The van der Waals surface area contributed by atoms with Crippen LogP contribution in [0.5, 0.6) is 0 Å². The van der Waals surface area contributed by atoms with Crippen LogP contribution in [0.15, 0.2) is 58.7 Å². The van der Waals surface area contributed by atoms with Crippen molar-refractivity contribution in [3.63, 3.8) is 0 Å². The summed E-state index contributed by atoms with van der Waals surface area (Å²) in [6.07, 6.45) is 0. The summed E-state index contributed by atoms with van der Waals surface area (Å²) < 4.78 is 0. The third kappa shape index (κ3) is 3.90. The second kappa shape index (κ2) is 7.88. The number of non-ortho nitro benzene ring substituents is 1. The highest BCUT2D eigenvalue weighted by Crippen LogP contribution is 2.23. The van der Waals surface area contributed by atoms with Crippen molar-refractivity contribution in [2.75, 3.05) is 31.1 Å². The van der Waals surface area contributed by atoms with Crippen LogP contribution >= 0.6 is 11.3 Å². The molecular weight excluding hydrogens is 392 g/mol. The molecule has 1 fully saturated rings. The molecular formula is C20H18N4O4S. The van der Waals surface area contributed by atoms with Gasteiger partial charge in [0.1, 0.15) is 5.56 Å². The number of H-pyrrole nitrogens is 1. The van der Waals surface area contributed by atoms with Crippen LogP contribution < -0.4 is 10.5 Å². The number of carbonyl (C=O) groups is 1. The molecule has 1 aromatic carbocycles. The van der Waals surface area contributed by atoms with Crippen LogP contribution in [0.1, 0.15) is 10.4 Å². The first-order valence-corrected chi connectivity index (χ1v) is 9.97. The predicted molar refractivity (Wildman–Crippen MR) is 112 cm³/mol. The molecule has 0 atom stereocenters. The van der Waals surface area contributed by atoms with Crippen molar-refractivity contribution in [2.45, 2.75) is 0 Å². The molecule has 9 heteroatoms. The molecule has 1 aliphatic rings. The van der Waals surface area contributed by atoms with Gasteiger partial charge < -0.3 is 14.8 Å². The van der Waals surface area contributed by atoms with E-state index in [0.29, 0.717) is 31.9 Å². The molecule has 1 aliphatic heterocycles. The van der Waals surface area contributed by atoms with E-state index in [1.807, 2.05) is 28.5 Å². The number of carbonyl (C=O) groups excluding carboxylic acids is 1. The third-order valence-electron chi connectivity index (χ3n) is 4.90. The first-order chi connectivity index (χ1) is 14.0. The van der Waals surface area contributed by atoms with Gasteiger partial charge in [0.05, 0.1) is 15.5 Å². The Morgan fingerprint density at radius 1 is 1.07 bits per heavy atom. The standard InChI is InChI=1S/C20H18N4O4S/c25-19-16(6-7-17(21-19)18-5-2-12-29-18)20(26)23-10-8-22(9-11-23)14-3-1-4-15(13-14)24(27)28/h1-7,12-13H,8-11H2,(H,21,25). The van der Waals surface area contributed by atoms with Crippen molar-refractivity contribution in [3.05, 3.63) is 79.9 Å². The molecule has 4 rings (SSSR count). The van der Waals surface area contributed by atoms with Crippen LogP contribution in [-0.4, -0.2) is 46.9 Å². The SMILES string of the molecule is O=C(c1ccc(-c2cccs2)[nH]c1=O)N1CCN(c2cccc([N+](=O)[O-])c2)CC1. The maximum absolute atomic E-state index is 12.8. The van der Waals surface area contributed by atoms with Gasteiger partial charge in [0.15, 0.2) is 0 Å². The summed E-state index contributed by atoms with van der Waals surface area (Å²) in [4.78, 5) is 43.1. The number of thiophene rings is 1. The van der Waals surface area contributed by atoms with Crippen LogP contribution in [0, 0.1) is 10.1 Å². The van der Waals surface area contributed by atoms with Gasteiger partial charge in [0.25, 0.3) is 17.2 Å². The molecule has 0 aliphatic carbocycles. The third-order valence-corrected chi connectivity index (χ3v) is 5.80. The lowest BCUT2D eigenvalue weighted by atomic mass is 10.2. The number of nitro groups is 1. The summed E-state index contributed by atoms with van der Waals surface area (Å²) in [5.74, 6) is -0.303. The first kappa shape index (κ1) is 18.9. The molecule has 29 heavy (non-hydrogen) atoms. The van der Waals surface area contributed by atoms with E-state index >= 15 is 0 Å². The van der Waals surface area contributed by atoms with Crippen LogP contribution in [-0.2, 0) is 0 Å². The predicted octanol–water partition coefficient (Wildman–Crippen LogP) is 2.97. The lowest BCUT2D eigenvalue weighted by Gasteiger charge is -2.36. The van der Waals surface area contributed by atoms with E-state index in [2.05, 4.69) is 4.98 Å². The average Bonchev–Trinajstić information content (AvgIpc) is 3.28. The van der Waals surface area contributed by atoms with Gasteiger partial charge in [-0.1, -0.05) is 12.1 Å². The number of aromatic nitrogens is 1. The molecule has 0 spiro atoms. The number of nitrogens with zero attached hydrogens (tertiary/aromatic N) is 3. The van der Waals surface area contributed by atoms with Crippen LogP contribution in [0.25, 0.3) is 10.6 Å². The molecule has 0 unspecified atom stereocenters. The van der Waals surface area contributed by atoms with E-state index in [9.17, 15) is 19.7 Å². The van der Waals surface area contributed by atoms with Crippen LogP contribution in [0.3, 0.4) is 0 Å². The lowest BCUT2D eigenvalue weighted by molar-refractivity contribution is -0.384. The number of hydrogen-bond acceptors (Lipinski definition) is 6. The second-order valence-corrected chi connectivity index (χ2v) is 7.60. The second-order valence-electron chi connectivity index (χ2n) is 6.65. The highest BCUT2D eigenvalue weighted by atomic mass is 32.1. The Kier molecular flexibility index (Phi) is 5.13. The topological polar surface area (TPSA) is 99.6 Å². The number of piperazine rings is 1. The maximum Gasteiger partial charge on any atom is 0.271 e. The fourth-order valence-electron chi connectivity index (χ4n) is 3.36. The average molecular weight is 410 g/mol. The van der Waals surface area contributed by atoms with Crippen molar-refractivity contribution < 1.29 is 9.72 Å². The van der Waals surface area contributed by atoms with E-state index in [4.69, 9.17) is 0 Å². The highest BCUT2D eigenvalue weighted by molar-refractivity contribution is 7.13. The largest absolute Gasteiger partial charge is 0.368 e. The van der Waals surface area contributed by atoms with Gasteiger partial charge in [0.2, 0.25) is 0 Å². The minimum Gasteiger partial charge on any atom is -0.368 e. The summed E-state index contributed by atoms with van der Waals surface area (Å²) in [5, 5.41) is 12.9. The van der Waals surface area contributed by atoms with Gasteiger partial charge in [-0.3, -0.25) is 19.7 Å². The molecule has 0 radical (unpaired) electrons.